The first-order chi connectivity index (χ1) is 7.51. The van der Waals surface area contributed by atoms with Gasteiger partial charge in [-0.15, -0.1) is 11.3 Å². The molecule has 0 amide bonds. The zero-order valence-corrected chi connectivity index (χ0v) is 12.1. The van der Waals surface area contributed by atoms with Crippen molar-refractivity contribution in [1.29, 1.82) is 0 Å². The van der Waals surface area contributed by atoms with Crippen LogP contribution in [0.15, 0.2) is 12.1 Å². The summed E-state index contributed by atoms with van der Waals surface area (Å²) in [6.45, 7) is 12.5. The van der Waals surface area contributed by atoms with Gasteiger partial charge in [0.05, 0.1) is 0 Å². The highest BCUT2D eigenvalue weighted by atomic mass is 32.1. The summed E-state index contributed by atoms with van der Waals surface area (Å²) >= 11 is 1.93. The van der Waals surface area contributed by atoms with Crippen molar-refractivity contribution in [2.75, 3.05) is 6.54 Å². The van der Waals surface area contributed by atoms with Crippen molar-refractivity contribution in [2.45, 2.75) is 53.5 Å². The average Bonchev–Trinajstić information content (AvgIpc) is 2.65. The maximum absolute atomic E-state index is 3.70. The Morgan fingerprint density at radius 3 is 2.44 bits per heavy atom. The second-order valence-electron chi connectivity index (χ2n) is 5.18. The normalized spacial score (nSPS) is 14.1. The molecule has 0 spiro atoms. The first-order valence-electron chi connectivity index (χ1n) is 6.31. The summed E-state index contributed by atoms with van der Waals surface area (Å²) in [4.78, 5) is 2.89. The van der Waals surface area contributed by atoms with Crippen LogP contribution in [-0.4, -0.2) is 6.54 Å². The van der Waals surface area contributed by atoms with Crippen LogP contribution in [0.5, 0.6) is 0 Å². The van der Waals surface area contributed by atoms with E-state index in [4.69, 9.17) is 0 Å². The van der Waals surface area contributed by atoms with E-state index in [-0.39, 0.29) is 0 Å². The number of thiophene rings is 1. The van der Waals surface area contributed by atoms with Gasteiger partial charge in [0.2, 0.25) is 0 Å². The van der Waals surface area contributed by atoms with Gasteiger partial charge in [0.15, 0.2) is 0 Å². The molecule has 2 heteroatoms. The topological polar surface area (TPSA) is 12.0 Å². The van der Waals surface area contributed by atoms with Gasteiger partial charge in [0, 0.05) is 15.8 Å². The molecule has 16 heavy (non-hydrogen) atoms. The van der Waals surface area contributed by atoms with Crippen LogP contribution in [0.3, 0.4) is 0 Å². The predicted molar refractivity (Wildman–Crippen MR) is 74.2 cm³/mol. The van der Waals surface area contributed by atoms with Crippen LogP contribution in [0.2, 0.25) is 0 Å². The zero-order chi connectivity index (χ0) is 12.2. The van der Waals surface area contributed by atoms with E-state index in [0.717, 1.165) is 6.54 Å². The number of rotatable bonds is 6. The third kappa shape index (κ3) is 3.33. The van der Waals surface area contributed by atoms with Crippen LogP contribution in [0.1, 0.15) is 56.3 Å². The van der Waals surface area contributed by atoms with Crippen molar-refractivity contribution < 1.29 is 0 Å². The smallest absolute Gasteiger partial charge is 0.0466 e. The fourth-order valence-electron chi connectivity index (χ4n) is 1.86. The Morgan fingerprint density at radius 2 is 2.00 bits per heavy atom. The summed E-state index contributed by atoms with van der Waals surface area (Å²) in [7, 11) is 0. The summed E-state index contributed by atoms with van der Waals surface area (Å²) < 4.78 is 0. The Morgan fingerprint density at radius 1 is 1.31 bits per heavy atom. The number of hydrogen-bond acceptors (Lipinski definition) is 2. The predicted octanol–water partition coefficient (Wildman–Crippen LogP) is 4.53. The highest BCUT2D eigenvalue weighted by Crippen LogP contribution is 2.38. The molecule has 92 valence electrons. The Labute approximate surface area is 104 Å². The summed E-state index contributed by atoms with van der Waals surface area (Å²) in [6.07, 6.45) is 2.39. The summed E-state index contributed by atoms with van der Waals surface area (Å²) in [5.74, 6) is 0. The highest BCUT2D eigenvalue weighted by Gasteiger charge is 2.29. The Kier molecular flexibility index (Phi) is 5.00. The molecule has 0 saturated heterocycles. The maximum atomic E-state index is 3.70. The number of aryl methyl sites for hydroxylation is 1. The van der Waals surface area contributed by atoms with E-state index in [2.05, 4.69) is 52.1 Å². The average molecular weight is 239 g/mol. The molecule has 0 saturated carbocycles. The van der Waals surface area contributed by atoms with E-state index in [9.17, 15) is 0 Å². The summed E-state index contributed by atoms with van der Waals surface area (Å²) in [5.41, 5.74) is 0.326. The highest BCUT2D eigenvalue weighted by molar-refractivity contribution is 7.12. The molecule has 1 atom stereocenters. The van der Waals surface area contributed by atoms with Crippen LogP contribution in [0.25, 0.3) is 0 Å². The number of hydrogen-bond donors (Lipinski definition) is 1. The van der Waals surface area contributed by atoms with Gasteiger partial charge in [-0.1, -0.05) is 27.7 Å². The maximum Gasteiger partial charge on any atom is 0.0466 e. The molecule has 0 aliphatic carbocycles. The molecule has 0 fully saturated rings. The van der Waals surface area contributed by atoms with Crippen molar-refractivity contribution in [1.82, 2.24) is 5.32 Å². The van der Waals surface area contributed by atoms with Gasteiger partial charge in [0.1, 0.15) is 0 Å². The van der Waals surface area contributed by atoms with Gasteiger partial charge in [-0.3, -0.25) is 0 Å². The number of nitrogens with one attached hydrogen (secondary N) is 1. The largest absolute Gasteiger partial charge is 0.309 e. The minimum Gasteiger partial charge on any atom is -0.309 e. The molecule has 0 aliphatic heterocycles. The van der Waals surface area contributed by atoms with E-state index in [1.165, 1.54) is 22.6 Å². The second-order valence-corrected chi connectivity index (χ2v) is 6.50. The van der Waals surface area contributed by atoms with Gasteiger partial charge >= 0.3 is 0 Å². The lowest BCUT2D eigenvalue weighted by molar-refractivity contribution is 0.238. The third-order valence-corrected chi connectivity index (χ3v) is 4.40. The SMILES string of the molecule is CCCNC(c1ccc(C)s1)C(C)(C)CC. The second kappa shape index (κ2) is 5.83. The quantitative estimate of drug-likeness (QED) is 0.769. The zero-order valence-electron chi connectivity index (χ0n) is 11.3. The molecular formula is C14H25NS. The first kappa shape index (κ1) is 13.7. The van der Waals surface area contributed by atoms with Crippen molar-refractivity contribution in [2.24, 2.45) is 5.41 Å². The molecule has 1 heterocycles. The molecule has 1 aromatic rings. The Bertz CT molecular complexity index is 314. The van der Waals surface area contributed by atoms with E-state index in [1.54, 1.807) is 0 Å². The molecule has 0 bridgehead atoms. The minimum atomic E-state index is 0.326. The van der Waals surface area contributed by atoms with Crippen LogP contribution in [0, 0.1) is 12.3 Å². The molecule has 1 aromatic heterocycles. The Hall–Kier alpha value is -0.340. The minimum absolute atomic E-state index is 0.326. The van der Waals surface area contributed by atoms with Gasteiger partial charge in [-0.2, -0.15) is 0 Å². The van der Waals surface area contributed by atoms with Crippen LogP contribution in [-0.2, 0) is 0 Å². The van der Waals surface area contributed by atoms with Gasteiger partial charge < -0.3 is 5.32 Å². The molecule has 1 N–H and O–H groups in total. The van der Waals surface area contributed by atoms with Crippen molar-refractivity contribution >= 4 is 11.3 Å². The molecule has 0 radical (unpaired) electrons. The molecule has 0 aromatic carbocycles. The lowest BCUT2D eigenvalue weighted by atomic mass is 9.81. The molecule has 0 aliphatic rings. The molecular weight excluding hydrogens is 214 g/mol. The lowest BCUT2D eigenvalue weighted by Crippen LogP contribution is -2.33. The standard InChI is InChI=1S/C14H25NS/c1-6-10-15-13(14(4,5)7-2)12-9-8-11(3)16-12/h8-9,13,15H,6-7,10H2,1-5H3. The van der Waals surface area contributed by atoms with Crippen molar-refractivity contribution in [3.05, 3.63) is 21.9 Å². The fourth-order valence-corrected chi connectivity index (χ4v) is 3.03. The first-order valence-corrected chi connectivity index (χ1v) is 7.12. The molecule has 1 nitrogen and oxygen atoms in total. The van der Waals surface area contributed by atoms with Crippen molar-refractivity contribution in [3.63, 3.8) is 0 Å². The molecule has 1 rings (SSSR count). The van der Waals surface area contributed by atoms with E-state index < -0.39 is 0 Å². The van der Waals surface area contributed by atoms with E-state index in [0.29, 0.717) is 11.5 Å². The Balaban J connectivity index is 2.87. The van der Waals surface area contributed by atoms with Gasteiger partial charge in [-0.05, 0) is 43.9 Å². The summed E-state index contributed by atoms with van der Waals surface area (Å²) in [6, 6.07) is 5.01. The van der Waals surface area contributed by atoms with E-state index >= 15 is 0 Å². The van der Waals surface area contributed by atoms with Crippen LogP contribution < -0.4 is 5.32 Å². The van der Waals surface area contributed by atoms with Crippen LogP contribution >= 0.6 is 11.3 Å². The fraction of sp³-hybridized carbons (Fsp3) is 0.714. The van der Waals surface area contributed by atoms with Gasteiger partial charge in [-0.25, -0.2) is 0 Å². The monoisotopic (exact) mass is 239 g/mol. The van der Waals surface area contributed by atoms with Gasteiger partial charge in [0.25, 0.3) is 0 Å². The van der Waals surface area contributed by atoms with Crippen molar-refractivity contribution in [3.8, 4) is 0 Å². The van der Waals surface area contributed by atoms with E-state index in [1.807, 2.05) is 11.3 Å². The van der Waals surface area contributed by atoms with Crippen LogP contribution in [0.4, 0.5) is 0 Å². The molecule has 1 unspecified atom stereocenters. The third-order valence-electron chi connectivity index (χ3n) is 3.34. The lowest BCUT2D eigenvalue weighted by Gasteiger charge is -2.33. The summed E-state index contributed by atoms with van der Waals surface area (Å²) in [5, 5.41) is 3.70.